The minimum Gasteiger partial charge on any atom is -0.389 e. The number of hydrogen-bond acceptors (Lipinski definition) is 3. The summed E-state index contributed by atoms with van der Waals surface area (Å²) in [5, 5.41) is 17.4. The Morgan fingerprint density at radius 1 is 1.50 bits per heavy atom. The molecule has 0 saturated carbocycles. The third kappa shape index (κ3) is 3.70. The smallest absolute Gasteiger partial charge is 0.125 e. The molecule has 4 nitrogen and oxygen atoms in total. The molecule has 1 aromatic rings. The van der Waals surface area contributed by atoms with E-state index in [-0.39, 0.29) is 5.84 Å². The Balaban J connectivity index is 3.17. The van der Waals surface area contributed by atoms with Gasteiger partial charge in [-0.1, -0.05) is 0 Å². The predicted octanol–water partition coefficient (Wildman–Crippen LogP) is 1.71. The van der Waals surface area contributed by atoms with Gasteiger partial charge in [-0.05, 0) is 39.0 Å². The van der Waals surface area contributed by atoms with Crippen LogP contribution in [-0.4, -0.2) is 29.6 Å². The van der Waals surface area contributed by atoms with Crippen LogP contribution in [0.4, 0.5) is 10.1 Å². The van der Waals surface area contributed by atoms with Crippen LogP contribution in [-0.2, 0) is 0 Å². The number of aliphatic hydroxyl groups is 1. The summed E-state index contributed by atoms with van der Waals surface area (Å²) in [6.07, 6.45) is 0. The zero-order valence-electron chi connectivity index (χ0n) is 11.0. The number of amidine groups is 1. The van der Waals surface area contributed by atoms with Gasteiger partial charge >= 0.3 is 0 Å². The highest BCUT2D eigenvalue weighted by atomic mass is 19.1. The van der Waals surface area contributed by atoms with Gasteiger partial charge in [0.15, 0.2) is 0 Å². The molecule has 0 bridgehead atoms. The number of nitrogens with two attached hydrogens (primary N) is 1. The SMILES string of the molecule is CCN(CC(C)(C)O)c1ccc(F)cc1C(=N)N. The molecule has 0 radical (unpaired) electrons. The molecular formula is C13H20FN3O. The minimum absolute atomic E-state index is 0.182. The Hall–Kier alpha value is -1.62. The summed E-state index contributed by atoms with van der Waals surface area (Å²) in [6.45, 7) is 6.35. The van der Waals surface area contributed by atoms with Crippen LogP contribution in [0.3, 0.4) is 0 Å². The molecule has 0 aliphatic heterocycles. The van der Waals surface area contributed by atoms with Gasteiger partial charge in [-0.3, -0.25) is 5.41 Å². The molecule has 0 atom stereocenters. The van der Waals surface area contributed by atoms with Crippen molar-refractivity contribution in [3.8, 4) is 0 Å². The average molecular weight is 253 g/mol. The van der Waals surface area contributed by atoms with Crippen LogP contribution < -0.4 is 10.6 Å². The Labute approximate surface area is 107 Å². The molecule has 4 N–H and O–H groups in total. The van der Waals surface area contributed by atoms with Gasteiger partial charge in [0.1, 0.15) is 11.7 Å². The molecule has 0 heterocycles. The van der Waals surface area contributed by atoms with E-state index < -0.39 is 11.4 Å². The Morgan fingerprint density at radius 3 is 2.56 bits per heavy atom. The van der Waals surface area contributed by atoms with Crippen LogP contribution in [0.15, 0.2) is 18.2 Å². The van der Waals surface area contributed by atoms with Gasteiger partial charge in [-0.2, -0.15) is 0 Å². The van der Waals surface area contributed by atoms with Crippen molar-refractivity contribution in [2.75, 3.05) is 18.0 Å². The Morgan fingerprint density at radius 2 is 2.11 bits per heavy atom. The molecule has 0 amide bonds. The number of likely N-dealkylation sites (N-methyl/N-ethyl adjacent to an activating group) is 1. The van der Waals surface area contributed by atoms with Crippen molar-refractivity contribution in [3.05, 3.63) is 29.6 Å². The van der Waals surface area contributed by atoms with E-state index >= 15 is 0 Å². The fraction of sp³-hybridized carbons (Fsp3) is 0.462. The van der Waals surface area contributed by atoms with Crippen LogP contribution in [0.25, 0.3) is 0 Å². The predicted molar refractivity (Wildman–Crippen MR) is 71.6 cm³/mol. The van der Waals surface area contributed by atoms with E-state index in [9.17, 15) is 9.50 Å². The molecule has 0 unspecified atom stereocenters. The van der Waals surface area contributed by atoms with Gasteiger partial charge in [0.2, 0.25) is 0 Å². The quantitative estimate of drug-likeness (QED) is 0.552. The van der Waals surface area contributed by atoms with Crippen LogP contribution in [0, 0.1) is 11.2 Å². The molecular weight excluding hydrogens is 233 g/mol. The Kier molecular flexibility index (Phi) is 4.29. The lowest BCUT2D eigenvalue weighted by atomic mass is 10.1. The second-order valence-electron chi connectivity index (χ2n) is 4.90. The standard InChI is InChI=1S/C13H20FN3O/c1-4-17(8-13(2,3)18)11-6-5-9(14)7-10(11)12(15)16/h5-7,18H,4,8H2,1-3H3,(H3,15,16). The first-order chi connectivity index (χ1) is 8.24. The number of rotatable bonds is 5. The molecule has 1 rings (SSSR count). The molecule has 0 saturated heterocycles. The van der Waals surface area contributed by atoms with Gasteiger partial charge in [0.25, 0.3) is 0 Å². The Bertz CT molecular complexity index is 440. The van der Waals surface area contributed by atoms with Gasteiger partial charge in [-0.25, -0.2) is 4.39 Å². The van der Waals surface area contributed by atoms with E-state index in [0.29, 0.717) is 24.3 Å². The molecule has 0 aromatic heterocycles. The summed E-state index contributed by atoms with van der Waals surface area (Å²) < 4.78 is 13.2. The third-order valence-corrected chi connectivity index (χ3v) is 2.55. The molecule has 1 aromatic carbocycles. The van der Waals surface area contributed by atoms with Crippen LogP contribution in [0.2, 0.25) is 0 Å². The first kappa shape index (κ1) is 14.4. The van der Waals surface area contributed by atoms with Crippen LogP contribution in [0.1, 0.15) is 26.3 Å². The minimum atomic E-state index is -0.877. The number of benzene rings is 1. The number of halogens is 1. The van der Waals surface area contributed by atoms with Crippen molar-refractivity contribution in [3.63, 3.8) is 0 Å². The number of anilines is 1. The van der Waals surface area contributed by atoms with Gasteiger partial charge < -0.3 is 15.7 Å². The summed E-state index contributed by atoms with van der Waals surface area (Å²) in [5.41, 5.74) is 5.60. The summed E-state index contributed by atoms with van der Waals surface area (Å²) in [5.74, 6) is -0.609. The van der Waals surface area contributed by atoms with Crippen molar-refractivity contribution in [2.24, 2.45) is 5.73 Å². The summed E-state index contributed by atoms with van der Waals surface area (Å²) >= 11 is 0. The van der Waals surface area contributed by atoms with Crippen molar-refractivity contribution >= 4 is 11.5 Å². The molecule has 100 valence electrons. The van der Waals surface area contributed by atoms with E-state index in [1.807, 2.05) is 11.8 Å². The van der Waals surface area contributed by atoms with Gasteiger partial charge in [-0.15, -0.1) is 0 Å². The maximum absolute atomic E-state index is 13.2. The first-order valence-electron chi connectivity index (χ1n) is 5.86. The monoisotopic (exact) mass is 253 g/mol. The van der Waals surface area contributed by atoms with Crippen molar-refractivity contribution < 1.29 is 9.50 Å². The van der Waals surface area contributed by atoms with E-state index in [1.54, 1.807) is 19.9 Å². The third-order valence-electron chi connectivity index (χ3n) is 2.55. The van der Waals surface area contributed by atoms with Crippen molar-refractivity contribution in [1.29, 1.82) is 5.41 Å². The molecule has 0 aliphatic rings. The normalized spacial score (nSPS) is 11.4. The molecule has 18 heavy (non-hydrogen) atoms. The lowest BCUT2D eigenvalue weighted by Crippen LogP contribution is -2.39. The lowest BCUT2D eigenvalue weighted by Gasteiger charge is -2.31. The second-order valence-corrected chi connectivity index (χ2v) is 4.90. The first-order valence-corrected chi connectivity index (χ1v) is 5.86. The highest BCUT2D eigenvalue weighted by molar-refractivity contribution is 6.00. The van der Waals surface area contributed by atoms with E-state index in [4.69, 9.17) is 11.1 Å². The molecule has 0 fully saturated rings. The number of nitrogens with zero attached hydrogens (tertiary/aromatic N) is 1. The summed E-state index contributed by atoms with van der Waals surface area (Å²) in [6, 6.07) is 4.15. The van der Waals surface area contributed by atoms with E-state index in [0.717, 1.165) is 0 Å². The highest BCUT2D eigenvalue weighted by Crippen LogP contribution is 2.23. The van der Waals surface area contributed by atoms with Gasteiger partial charge in [0.05, 0.1) is 5.60 Å². The number of hydrogen-bond donors (Lipinski definition) is 3. The largest absolute Gasteiger partial charge is 0.389 e. The molecule has 0 aliphatic carbocycles. The average Bonchev–Trinajstić information content (AvgIpc) is 2.24. The maximum atomic E-state index is 13.2. The van der Waals surface area contributed by atoms with Crippen LogP contribution >= 0.6 is 0 Å². The maximum Gasteiger partial charge on any atom is 0.125 e. The lowest BCUT2D eigenvalue weighted by molar-refractivity contribution is 0.0876. The number of nitrogen functional groups attached to an aromatic ring is 1. The fourth-order valence-electron chi connectivity index (χ4n) is 1.83. The van der Waals surface area contributed by atoms with E-state index in [1.165, 1.54) is 12.1 Å². The molecule has 0 spiro atoms. The molecule has 5 heteroatoms. The zero-order chi connectivity index (χ0) is 13.9. The van der Waals surface area contributed by atoms with Crippen LogP contribution in [0.5, 0.6) is 0 Å². The second kappa shape index (κ2) is 5.35. The van der Waals surface area contributed by atoms with E-state index in [2.05, 4.69) is 0 Å². The fourth-order valence-corrected chi connectivity index (χ4v) is 1.83. The van der Waals surface area contributed by atoms with Crippen molar-refractivity contribution in [1.82, 2.24) is 0 Å². The number of nitrogens with one attached hydrogen (secondary N) is 1. The highest BCUT2D eigenvalue weighted by Gasteiger charge is 2.20. The summed E-state index contributed by atoms with van der Waals surface area (Å²) in [7, 11) is 0. The van der Waals surface area contributed by atoms with Crippen molar-refractivity contribution in [2.45, 2.75) is 26.4 Å². The van der Waals surface area contributed by atoms with Gasteiger partial charge in [0, 0.05) is 24.3 Å². The topological polar surface area (TPSA) is 73.3 Å². The summed E-state index contributed by atoms with van der Waals surface area (Å²) in [4.78, 5) is 1.87. The zero-order valence-corrected chi connectivity index (χ0v) is 11.0.